The van der Waals surface area contributed by atoms with Crippen LogP contribution in [0, 0.1) is 5.41 Å². The van der Waals surface area contributed by atoms with E-state index in [9.17, 15) is 18.0 Å². The molecule has 0 radical (unpaired) electrons. The molecule has 136 valence electrons. The Hall–Kier alpha value is -1.93. The standard InChI is InChI=1S/C17H20F3N3OS/c1-16(2,3)14(10-5-4-6-11(7-10)17(18,19)20)23-15(24)12-9-25-13(8-21)22-12/h4-7,9,14H,8,21H2,1-3H3,(H,23,24). The molecule has 0 saturated carbocycles. The summed E-state index contributed by atoms with van der Waals surface area (Å²) in [4.78, 5) is 16.6. The van der Waals surface area contributed by atoms with Crippen LogP contribution in [-0.4, -0.2) is 10.9 Å². The van der Waals surface area contributed by atoms with Gasteiger partial charge in [0.1, 0.15) is 10.7 Å². The van der Waals surface area contributed by atoms with Crippen molar-refractivity contribution >= 4 is 17.2 Å². The predicted molar refractivity (Wildman–Crippen MR) is 91.1 cm³/mol. The molecule has 2 rings (SSSR count). The molecule has 25 heavy (non-hydrogen) atoms. The van der Waals surface area contributed by atoms with Gasteiger partial charge in [-0.2, -0.15) is 13.2 Å². The van der Waals surface area contributed by atoms with E-state index < -0.39 is 29.1 Å². The summed E-state index contributed by atoms with van der Waals surface area (Å²) in [5.41, 5.74) is 4.86. The molecule has 4 nitrogen and oxygen atoms in total. The van der Waals surface area contributed by atoms with E-state index in [2.05, 4.69) is 10.3 Å². The fourth-order valence-corrected chi connectivity index (χ4v) is 3.06. The van der Waals surface area contributed by atoms with Gasteiger partial charge < -0.3 is 11.1 Å². The van der Waals surface area contributed by atoms with E-state index in [1.807, 2.05) is 20.8 Å². The number of aromatic nitrogens is 1. The average molecular weight is 371 g/mol. The lowest BCUT2D eigenvalue weighted by atomic mass is 9.82. The van der Waals surface area contributed by atoms with Crippen LogP contribution in [0.2, 0.25) is 0 Å². The highest BCUT2D eigenvalue weighted by atomic mass is 32.1. The summed E-state index contributed by atoms with van der Waals surface area (Å²) in [5.74, 6) is -0.437. The summed E-state index contributed by atoms with van der Waals surface area (Å²) in [5, 5.41) is 5.01. The largest absolute Gasteiger partial charge is 0.416 e. The molecule has 1 aromatic heterocycles. The first-order chi connectivity index (χ1) is 11.5. The number of nitrogens with two attached hydrogens (primary N) is 1. The van der Waals surface area contributed by atoms with Crippen molar-refractivity contribution < 1.29 is 18.0 Å². The Balaban J connectivity index is 2.33. The topological polar surface area (TPSA) is 68.0 Å². The molecule has 1 atom stereocenters. The number of nitrogens with zero attached hydrogens (tertiary/aromatic N) is 1. The van der Waals surface area contributed by atoms with Crippen molar-refractivity contribution in [3.05, 3.63) is 51.5 Å². The lowest BCUT2D eigenvalue weighted by molar-refractivity contribution is -0.137. The van der Waals surface area contributed by atoms with Crippen LogP contribution in [0.1, 0.15) is 53.4 Å². The molecule has 0 aliphatic rings. The van der Waals surface area contributed by atoms with Crippen LogP contribution >= 0.6 is 11.3 Å². The Kier molecular flexibility index (Phi) is 5.53. The smallest absolute Gasteiger partial charge is 0.343 e. The minimum Gasteiger partial charge on any atom is -0.343 e. The van der Waals surface area contributed by atoms with Gasteiger partial charge in [0.2, 0.25) is 0 Å². The van der Waals surface area contributed by atoms with E-state index in [0.29, 0.717) is 10.6 Å². The van der Waals surface area contributed by atoms with Crippen molar-refractivity contribution in [2.24, 2.45) is 11.1 Å². The van der Waals surface area contributed by atoms with Crippen molar-refractivity contribution in [1.29, 1.82) is 0 Å². The molecule has 0 aliphatic carbocycles. The second-order valence-corrected chi connectivity index (χ2v) is 7.67. The Morgan fingerprint density at radius 3 is 2.52 bits per heavy atom. The van der Waals surface area contributed by atoms with Crippen molar-refractivity contribution in [2.45, 2.75) is 39.5 Å². The molecule has 0 spiro atoms. The summed E-state index contributed by atoms with van der Waals surface area (Å²) in [7, 11) is 0. The molecule has 1 aromatic carbocycles. The molecule has 1 amide bonds. The first kappa shape index (κ1) is 19.4. The maximum absolute atomic E-state index is 13.0. The highest BCUT2D eigenvalue weighted by molar-refractivity contribution is 7.09. The van der Waals surface area contributed by atoms with Gasteiger partial charge in [-0.05, 0) is 23.1 Å². The lowest BCUT2D eigenvalue weighted by Crippen LogP contribution is -2.37. The molecule has 3 N–H and O–H groups in total. The second-order valence-electron chi connectivity index (χ2n) is 6.73. The molecule has 0 saturated heterocycles. The maximum Gasteiger partial charge on any atom is 0.416 e. The number of hydrogen-bond donors (Lipinski definition) is 2. The normalized spacial score (nSPS) is 13.6. The van der Waals surface area contributed by atoms with Crippen LogP contribution in [0.5, 0.6) is 0 Å². The number of nitrogens with one attached hydrogen (secondary N) is 1. The lowest BCUT2D eigenvalue weighted by Gasteiger charge is -2.32. The van der Waals surface area contributed by atoms with E-state index in [1.54, 1.807) is 11.4 Å². The molecule has 0 fully saturated rings. The minimum atomic E-state index is -4.44. The highest BCUT2D eigenvalue weighted by Gasteiger charge is 2.33. The number of alkyl halides is 3. The molecule has 0 bridgehead atoms. The summed E-state index contributed by atoms with van der Waals surface area (Å²) in [6.45, 7) is 5.79. The van der Waals surface area contributed by atoms with E-state index in [0.717, 1.165) is 12.1 Å². The van der Waals surface area contributed by atoms with Gasteiger partial charge in [-0.25, -0.2) is 4.98 Å². The van der Waals surface area contributed by atoms with Gasteiger partial charge in [0, 0.05) is 11.9 Å². The fourth-order valence-electron chi connectivity index (χ4n) is 2.41. The first-order valence-corrected chi connectivity index (χ1v) is 8.53. The SMILES string of the molecule is CC(C)(C)C(NC(=O)c1csc(CN)n1)c1cccc(C(F)(F)F)c1. The number of carbonyl (C=O) groups excluding carboxylic acids is 1. The zero-order chi connectivity index (χ0) is 18.8. The van der Waals surface area contributed by atoms with Crippen molar-refractivity contribution in [3.8, 4) is 0 Å². The van der Waals surface area contributed by atoms with Crippen molar-refractivity contribution in [1.82, 2.24) is 10.3 Å². The quantitative estimate of drug-likeness (QED) is 0.849. The number of amides is 1. The van der Waals surface area contributed by atoms with E-state index in [-0.39, 0.29) is 12.2 Å². The van der Waals surface area contributed by atoms with Crippen LogP contribution in [0.25, 0.3) is 0 Å². The molecular weight excluding hydrogens is 351 g/mol. The predicted octanol–water partition coefficient (Wildman–Crippen LogP) is 4.14. The number of benzene rings is 1. The number of rotatable bonds is 4. The van der Waals surface area contributed by atoms with Gasteiger partial charge in [0.25, 0.3) is 5.91 Å². The Morgan fingerprint density at radius 2 is 2.00 bits per heavy atom. The number of thiazole rings is 1. The number of halogens is 3. The zero-order valence-corrected chi connectivity index (χ0v) is 15.0. The fraction of sp³-hybridized carbons (Fsp3) is 0.412. The molecule has 1 heterocycles. The zero-order valence-electron chi connectivity index (χ0n) is 14.1. The van der Waals surface area contributed by atoms with Crippen LogP contribution < -0.4 is 11.1 Å². The third kappa shape index (κ3) is 4.79. The Bertz CT molecular complexity index is 750. The molecule has 8 heteroatoms. The second kappa shape index (κ2) is 7.13. The van der Waals surface area contributed by atoms with Gasteiger partial charge in [0.05, 0.1) is 11.6 Å². The third-order valence-corrected chi connectivity index (χ3v) is 4.52. The van der Waals surface area contributed by atoms with Gasteiger partial charge in [-0.3, -0.25) is 4.79 Å². The van der Waals surface area contributed by atoms with Crippen LogP contribution in [0.3, 0.4) is 0 Å². The molecule has 0 aliphatic heterocycles. The van der Waals surface area contributed by atoms with E-state index in [4.69, 9.17) is 5.73 Å². The first-order valence-electron chi connectivity index (χ1n) is 7.65. The van der Waals surface area contributed by atoms with Crippen LogP contribution in [0.15, 0.2) is 29.6 Å². The molecular formula is C17H20F3N3OS. The van der Waals surface area contributed by atoms with Gasteiger partial charge in [-0.1, -0.05) is 32.9 Å². The maximum atomic E-state index is 13.0. The summed E-state index contributed by atoms with van der Waals surface area (Å²) in [6.07, 6.45) is -4.44. The molecule has 1 unspecified atom stereocenters. The van der Waals surface area contributed by atoms with Gasteiger partial charge in [-0.15, -0.1) is 11.3 Å². The molecule has 2 aromatic rings. The average Bonchev–Trinajstić information content (AvgIpc) is 2.99. The van der Waals surface area contributed by atoms with Crippen molar-refractivity contribution in [2.75, 3.05) is 0 Å². The summed E-state index contributed by atoms with van der Waals surface area (Å²) < 4.78 is 39.0. The Labute approximate surface area is 148 Å². The van der Waals surface area contributed by atoms with Crippen LogP contribution in [-0.2, 0) is 12.7 Å². The van der Waals surface area contributed by atoms with Crippen molar-refractivity contribution in [3.63, 3.8) is 0 Å². The monoisotopic (exact) mass is 371 g/mol. The van der Waals surface area contributed by atoms with Gasteiger partial charge >= 0.3 is 6.18 Å². The highest BCUT2D eigenvalue weighted by Crippen LogP contribution is 2.36. The van der Waals surface area contributed by atoms with E-state index in [1.165, 1.54) is 17.4 Å². The van der Waals surface area contributed by atoms with Gasteiger partial charge in [0.15, 0.2) is 0 Å². The summed E-state index contributed by atoms with van der Waals surface area (Å²) in [6, 6.07) is 4.41. The number of carbonyl (C=O) groups is 1. The van der Waals surface area contributed by atoms with Crippen LogP contribution in [0.4, 0.5) is 13.2 Å². The third-order valence-electron chi connectivity index (χ3n) is 3.65. The number of hydrogen-bond acceptors (Lipinski definition) is 4. The minimum absolute atomic E-state index is 0.215. The Morgan fingerprint density at radius 1 is 1.32 bits per heavy atom. The summed E-state index contributed by atoms with van der Waals surface area (Å²) >= 11 is 1.27. The van der Waals surface area contributed by atoms with E-state index >= 15 is 0 Å².